The Balaban J connectivity index is 2.15. The number of hydrogen-bond acceptors (Lipinski definition) is 3. The zero-order chi connectivity index (χ0) is 13.8. The summed E-state index contributed by atoms with van der Waals surface area (Å²) in [4.78, 5) is 24.3. The third kappa shape index (κ3) is 2.86. The number of carboxylic acids is 1. The smallest absolute Gasteiger partial charge is 0.410 e. The molecule has 102 valence electrons. The van der Waals surface area contributed by atoms with E-state index >= 15 is 0 Å². The van der Waals surface area contributed by atoms with Gasteiger partial charge in [-0.15, -0.1) is 0 Å². The molecule has 1 aromatic carbocycles. The monoisotopic (exact) mass is 263 g/mol. The van der Waals surface area contributed by atoms with E-state index in [0.29, 0.717) is 19.3 Å². The van der Waals surface area contributed by atoms with Crippen LogP contribution in [0.5, 0.6) is 0 Å². The van der Waals surface area contributed by atoms with E-state index in [4.69, 9.17) is 9.84 Å². The number of ether oxygens (including phenoxy) is 1. The minimum absolute atomic E-state index is 0.115. The van der Waals surface area contributed by atoms with Gasteiger partial charge in [-0.05, 0) is 24.8 Å². The Morgan fingerprint density at radius 3 is 2.58 bits per heavy atom. The van der Waals surface area contributed by atoms with Crippen LogP contribution in [0.1, 0.15) is 18.4 Å². The highest BCUT2D eigenvalue weighted by Crippen LogP contribution is 2.27. The second kappa shape index (κ2) is 5.73. The number of hydrogen-bond donors (Lipinski definition) is 1. The summed E-state index contributed by atoms with van der Waals surface area (Å²) < 4.78 is 4.71. The molecule has 19 heavy (non-hydrogen) atoms. The quantitative estimate of drug-likeness (QED) is 0.904. The second-order valence-corrected chi connectivity index (χ2v) is 4.65. The standard InChI is InChI=1S/C14H17NO4/c1-19-14(18)15-11(7-8-12(15)13(16)17)9-10-5-3-2-4-6-10/h2-6,11-12H,7-9H2,1H3,(H,16,17)/t11?,12-/m0/s1. The van der Waals surface area contributed by atoms with Crippen molar-refractivity contribution in [3.63, 3.8) is 0 Å². The first-order valence-corrected chi connectivity index (χ1v) is 6.26. The van der Waals surface area contributed by atoms with E-state index in [1.165, 1.54) is 12.0 Å². The average molecular weight is 263 g/mol. The Morgan fingerprint density at radius 1 is 1.32 bits per heavy atom. The van der Waals surface area contributed by atoms with E-state index in [1.807, 2.05) is 30.3 Å². The Morgan fingerprint density at radius 2 is 2.00 bits per heavy atom. The summed E-state index contributed by atoms with van der Waals surface area (Å²) in [5.41, 5.74) is 1.09. The van der Waals surface area contributed by atoms with Gasteiger partial charge in [-0.25, -0.2) is 9.59 Å². The molecule has 5 nitrogen and oxygen atoms in total. The lowest BCUT2D eigenvalue weighted by Crippen LogP contribution is -2.45. The highest BCUT2D eigenvalue weighted by Gasteiger charge is 2.41. The van der Waals surface area contributed by atoms with Crippen molar-refractivity contribution >= 4 is 12.1 Å². The van der Waals surface area contributed by atoms with Gasteiger partial charge in [-0.2, -0.15) is 0 Å². The maximum Gasteiger partial charge on any atom is 0.410 e. The molecule has 0 spiro atoms. The molecular weight excluding hydrogens is 246 g/mol. The lowest BCUT2D eigenvalue weighted by atomic mass is 10.0. The maximum absolute atomic E-state index is 11.8. The van der Waals surface area contributed by atoms with Crippen molar-refractivity contribution in [2.24, 2.45) is 0 Å². The number of benzene rings is 1. The molecule has 1 aliphatic heterocycles. The Hall–Kier alpha value is -2.04. The first-order chi connectivity index (χ1) is 9.13. The average Bonchev–Trinajstić information content (AvgIpc) is 2.83. The molecule has 1 unspecified atom stereocenters. The summed E-state index contributed by atoms with van der Waals surface area (Å²) in [5.74, 6) is -0.971. The second-order valence-electron chi connectivity index (χ2n) is 4.65. The lowest BCUT2D eigenvalue weighted by Gasteiger charge is -2.26. The van der Waals surface area contributed by atoms with Crippen molar-refractivity contribution in [3.05, 3.63) is 35.9 Å². The van der Waals surface area contributed by atoms with Gasteiger partial charge in [0.1, 0.15) is 6.04 Å². The van der Waals surface area contributed by atoms with Crippen LogP contribution in [0, 0.1) is 0 Å². The van der Waals surface area contributed by atoms with Crippen molar-refractivity contribution < 1.29 is 19.4 Å². The molecule has 1 aromatic rings. The van der Waals surface area contributed by atoms with Gasteiger partial charge in [0.25, 0.3) is 0 Å². The van der Waals surface area contributed by atoms with Gasteiger partial charge in [0, 0.05) is 6.04 Å². The molecule has 1 N–H and O–H groups in total. The summed E-state index contributed by atoms with van der Waals surface area (Å²) >= 11 is 0. The number of likely N-dealkylation sites (tertiary alicyclic amines) is 1. The molecule has 2 atom stereocenters. The van der Waals surface area contributed by atoms with E-state index in [1.54, 1.807) is 0 Å². The highest BCUT2D eigenvalue weighted by atomic mass is 16.5. The predicted molar refractivity (Wildman–Crippen MR) is 68.8 cm³/mol. The fraction of sp³-hybridized carbons (Fsp3) is 0.429. The van der Waals surface area contributed by atoms with Crippen LogP contribution in [0.4, 0.5) is 4.79 Å². The third-order valence-corrected chi connectivity index (χ3v) is 3.49. The fourth-order valence-electron chi connectivity index (χ4n) is 2.59. The molecule has 0 saturated carbocycles. The number of rotatable bonds is 3. The molecule has 1 amide bonds. The number of carbonyl (C=O) groups excluding carboxylic acids is 1. The van der Waals surface area contributed by atoms with Crippen molar-refractivity contribution in [3.8, 4) is 0 Å². The Bertz CT molecular complexity index is 460. The van der Waals surface area contributed by atoms with E-state index in [0.717, 1.165) is 5.56 Å². The number of amides is 1. The SMILES string of the molecule is COC(=O)N1C(Cc2ccccc2)CC[C@H]1C(=O)O. The van der Waals surface area contributed by atoms with Gasteiger partial charge in [-0.1, -0.05) is 30.3 Å². The van der Waals surface area contributed by atoms with Gasteiger partial charge in [0.15, 0.2) is 0 Å². The Kier molecular flexibility index (Phi) is 4.04. The van der Waals surface area contributed by atoms with Crippen LogP contribution in [0.2, 0.25) is 0 Å². The molecular formula is C14H17NO4. The van der Waals surface area contributed by atoms with Crippen LogP contribution < -0.4 is 0 Å². The van der Waals surface area contributed by atoms with Crippen LogP contribution in [0.15, 0.2) is 30.3 Å². The number of carboxylic acid groups (broad SMARTS) is 1. The first kappa shape index (κ1) is 13.4. The zero-order valence-corrected chi connectivity index (χ0v) is 10.8. The predicted octanol–water partition coefficient (Wildman–Crippen LogP) is 1.91. The van der Waals surface area contributed by atoms with Gasteiger partial charge < -0.3 is 9.84 Å². The summed E-state index contributed by atoms with van der Waals surface area (Å²) in [6.07, 6.45) is 1.24. The molecule has 1 heterocycles. The van der Waals surface area contributed by atoms with Gasteiger partial charge in [0.05, 0.1) is 7.11 Å². The van der Waals surface area contributed by atoms with E-state index < -0.39 is 18.1 Å². The molecule has 1 fully saturated rings. The zero-order valence-electron chi connectivity index (χ0n) is 10.8. The van der Waals surface area contributed by atoms with Crippen molar-refractivity contribution in [2.75, 3.05) is 7.11 Å². The fourth-order valence-corrected chi connectivity index (χ4v) is 2.59. The van der Waals surface area contributed by atoms with Gasteiger partial charge in [0.2, 0.25) is 0 Å². The lowest BCUT2D eigenvalue weighted by molar-refractivity contribution is -0.142. The molecule has 1 saturated heterocycles. The normalized spacial score (nSPS) is 22.3. The van der Waals surface area contributed by atoms with E-state index in [2.05, 4.69) is 0 Å². The number of methoxy groups -OCH3 is 1. The highest BCUT2D eigenvalue weighted by molar-refractivity contribution is 5.81. The molecule has 1 aliphatic rings. The van der Waals surface area contributed by atoms with Crippen LogP contribution in [-0.4, -0.2) is 41.3 Å². The maximum atomic E-state index is 11.8. The van der Waals surface area contributed by atoms with Crippen LogP contribution in [-0.2, 0) is 16.0 Å². The summed E-state index contributed by atoms with van der Waals surface area (Å²) in [6.45, 7) is 0. The molecule has 0 bridgehead atoms. The number of nitrogens with zero attached hydrogens (tertiary/aromatic N) is 1. The molecule has 0 aliphatic carbocycles. The third-order valence-electron chi connectivity index (χ3n) is 3.49. The van der Waals surface area contributed by atoms with Crippen LogP contribution >= 0.6 is 0 Å². The number of aliphatic carboxylic acids is 1. The molecule has 0 radical (unpaired) electrons. The van der Waals surface area contributed by atoms with Crippen molar-refractivity contribution in [1.82, 2.24) is 4.90 Å². The largest absolute Gasteiger partial charge is 0.480 e. The van der Waals surface area contributed by atoms with Crippen LogP contribution in [0.25, 0.3) is 0 Å². The van der Waals surface area contributed by atoms with Crippen molar-refractivity contribution in [1.29, 1.82) is 0 Å². The first-order valence-electron chi connectivity index (χ1n) is 6.26. The molecule has 5 heteroatoms. The minimum Gasteiger partial charge on any atom is -0.480 e. The Labute approximate surface area is 111 Å². The molecule has 0 aromatic heterocycles. The van der Waals surface area contributed by atoms with E-state index in [-0.39, 0.29) is 6.04 Å². The van der Waals surface area contributed by atoms with Crippen LogP contribution in [0.3, 0.4) is 0 Å². The minimum atomic E-state index is -0.971. The molecule has 2 rings (SSSR count). The summed E-state index contributed by atoms with van der Waals surface area (Å²) in [5, 5.41) is 9.16. The van der Waals surface area contributed by atoms with E-state index in [9.17, 15) is 9.59 Å². The number of carbonyl (C=O) groups is 2. The van der Waals surface area contributed by atoms with Crippen molar-refractivity contribution in [2.45, 2.75) is 31.3 Å². The summed E-state index contributed by atoms with van der Waals surface area (Å²) in [7, 11) is 1.28. The topological polar surface area (TPSA) is 66.8 Å². The van der Waals surface area contributed by atoms with Gasteiger partial charge >= 0.3 is 12.1 Å². The summed E-state index contributed by atoms with van der Waals surface area (Å²) in [6, 6.07) is 8.85. The van der Waals surface area contributed by atoms with Gasteiger partial charge in [-0.3, -0.25) is 4.90 Å².